The van der Waals surface area contributed by atoms with Gasteiger partial charge in [0.2, 0.25) is 0 Å². The molecule has 92 valence electrons. The Bertz CT molecular complexity index is 432. The maximum Gasteiger partial charge on any atom is 0.166 e. The van der Waals surface area contributed by atoms with Gasteiger partial charge in [0, 0.05) is 18.5 Å². The summed E-state index contributed by atoms with van der Waals surface area (Å²) in [6.45, 7) is 0.482. The highest BCUT2D eigenvalue weighted by molar-refractivity contribution is 5.88. The molecule has 1 aromatic rings. The molecule has 0 aliphatic carbocycles. The van der Waals surface area contributed by atoms with E-state index < -0.39 is 0 Å². The van der Waals surface area contributed by atoms with Gasteiger partial charge >= 0.3 is 0 Å². The van der Waals surface area contributed by atoms with Crippen LogP contribution in [-0.4, -0.2) is 26.5 Å². The summed E-state index contributed by atoms with van der Waals surface area (Å²) in [4.78, 5) is 0. The Kier molecular flexibility index (Phi) is 3.49. The molecular weight excluding hydrogens is 218 g/mol. The van der Waals surface area contributed by atoms with Crippen LogP contribution in [0.25, 0.3) is 0 Å². The summed E-state index contributed by atoms with van der Waals surface area (Å²) >= 11 is 0. The van der Waals surface area contributed by atoms with Gasteiger partial charge in [-0.25, -0.2) is 0 Å². The fourth-order valence-electron chi connectivity index (χ4n) is 1.99. The van der Waals surface area contributed by atoms with Gasteiger partial charge in [0.05, 0.1) is 26.0 Å². The Morgan fingerprint density at radius 1 is 1.41 bits per heavy atom. The summed E-state index contributed by atoms with van der Waals surface area (Å²) in [5, 5.41) is 4.19. The van der Waals surface area contributed by atoms with Crippen molar-refractivity contribution in [1.29, 1.82) is 0 Å². The quantitative estimate of drug-likeness (QED) is 0.818. The van der Waals surface area contributed by atoms with E-state index in [1.165, 1.54) is 0 Å². The van der Waals surface area contributed by atoms with Crippen molar-refractivity contribution < 1.29 is 9.47 Å². The summed E-state index contributed by atoms with van der Waals surface area (Å²) in [7, 11) is 3.27. The third-order valence-electron chi connectivity index (χ3n) is 2.86. The highest BCUT2D eigenvalue weighted by Crippen LogP contribution is 2.36. The van der Waals surface area contributed by atoms with Crippen molar-refractivity contribution in [2.75, 3.05) is 20.8 Å². The summed E-state index contributed by atoms with van der Waals surface area (Å²) in [6.07, 6.45) is 0.806. The zero-order chi connectivity index (χ0) is 12.3. The number of benzene rings is 1. The van der Waals surface area contributed by atoms with Crippen LogP contribution < -0.4 is 20.6 Å². The van der Waals surface area contributed by atoms with Crippen molar-refractivity contribution in [2.45, 2.75) is 12.5 Å². The largest absolute Gasteiger partial charge is 0.493 e. The lowest BCUT2D eigenvalue weighted by Crippen LogP contribution is -2.14. The average molecular weight is 235 g/mol. The van der Waals surface area contributed by atoms with Crippen molar-refractivity contribution in [3.05, 3.63) is 23.8 Å². The second kappa shape index (κ2) is 5.05. The number of hydrogen-bond donors (Lipinski definition) is 2. The first-order valence-electron chi connectivity index (χ1n) is 5.52. The second-order valence-corrected chi connectivity index (χ2v) is 3.85. The van der Waals surface area contributed by atoms with Crippen molar-refractivity contribution in [1.82, 2.24) is 5.43 Å². The van der Waals surface area contributed by atoms with Gasteiger partial charge in [-0.2, -0.15) is 5.10 Å². The fraction of sp³-hybridized carbons (Fsp3) is 0.417. The minimum atomic E-state index is 0.110. The van der Waals surface area contributed by atoms with E-state index >= 15 is 0 Å². The Morgan fingerprint density at radius 2 is 2.24 bits per heavy atom. The molecule has 0 spiro atoms. The monoisotopic (exact) mass is 235 g/mol. The van der Waals surface area contributed by atoms with Crippen LogP contribution in [0.2, 0.25) is 0 Å². The average Bonchev–Trinajstić information content (AvgIpc) is 2.86. The first-order chi connectivity index (χ1) is 8.30. The van der Waals surface area contributed by atoms with E-state index in [1.807, 2.05) is 18.2 Å². The number of rotatable bonds is 4. The number of ether oxygens (including phenoxy) is 2. The molecule has 1 atom stereocenters. The van der Waals surface area contributed by atoms with Crippen LogP contribution >= 0.6 is 0 Å². The van der Waals surface area contributed by atoms with Gasteiger partial charge in [0.1, 0.15) is 0 Å². The molecule has 1 aliphatic heterocycles. The van der Waals surface area contributed by atoms with Gasteiger partial charge in [0.25, 0.3) is 0 Å². The van der Waals surface area contributed by atoms with Gasteiger partial charge in [-0.1, -0.05) is 12.1 Å². The molecule has 0 amide bonds. The number of nitrogens with two attached hydrogens (primary N) is 1. The Labute approximate surface area is 101 Å². The van der Waals surface area contributed by atoms with Gasteiger partial charge in [0.15, 0.2) is 11.5 Å². The zero-order valence-corrected chi connectivity index (χ0v) is 10.1. The molecule has 3 N–H and O–H groups in total. The number of nitrogens with zero attached hydrogens (tertiary/aromatic N) is 1. The van der Waals surface area contributed by atoms with Crippen molar-refractivity contribution in [3.63, 3.8) is 0 Å². The number of para-hydroxylation sites is 1. The van der Waals surface area contributed by atoms with E-state index in [-0.39, 0.29) is 6.04 Å². The van der Waals surface area contributed by atoms with Crippen LogP contribution in [-0.2, 0) is 0 Å². The first-order valence-corrected chi connectivity index (χ1v) is 5.52. The summed E-state index contributed by atoms with van der Waals surface area (Å²) in [5.41, 5.74) is 10.7. The third kappa shape index (κ3) is 2.19. The first kappa shape index (κ1) is 11.7. The molecular formula is C12H17N3O2. The van der Waals surface area contributed by atoms with Gasteiger partial charge in [-0.05, 0) is 6.07 Å². The van der Waals surface area contributed by atoms with Gasteiger partial charge < -0.3 is 20.6 Å². The van der Waals surface area contributed by atoms with Gasteiger partial charge in [-0.3, -0.25) is 0 Å². The molecule has 1 aromatic carbocycles. The molecule has 5 nitrogen and oxygen atoms in total. The second-order valence-electron chi connectivity index (χ2n) is 3.85. The molecule has 0 fully saturated rings. The minimum Gasteiger partial charge on any atom is -0.493 e. The molecule has 5 heteroatoms. The Morgan fingerprint density at radius 3 is 2.82 bits per heavy atom. The maximum atomic E-state index is 5.57. The molecule has 2 rings (SSSR count). The molecule has 0 saturated heterocycles. The van der Waals surface area contributed by atoms with E-state index in [2.05, 4.69) is 10.5 Å². The van der Waals surface area contributed by atoms with Crippen molar-refractivity contribution >= 4 is 5.71 Å². The van der Waals surface area contributed by atoms with Crippen LogP contribution in [0.15, 0.2) is 23.3 Å². The Balaban J connectivity index is 2.27. The fourth-order valence-corrected chi connectivity index (χ4v) is 1.99. The molecule has 0 aromatic heterocycles. The number of hydrazone groups is 1. The van der Waals surface area contributed by atoms with Crippen LogP contribution in [0.5, 0.6) is 11.5 Å². The lowest BCUT2D eigenvalue weighted by Gasteiger charge is -2.16. The molecule has 1 aliphatic rings. The maximum absolute atomic E-state index is 5.57. The smallest absolute Gasteiger partial charge is 0.166 e. The predicted molar refractivity (Wildman–Crippen MR) is 66.5 cm³/mol. The number of methoxy groups -OCH3 is 2. The van der Waals surface area contributed by atoms with E-state index in [9.17, 15) is 0 Å². The van der Waals surface area contributed by atoms with Crippen molar-refractivity contribution in [3.8, 4) is 11.5 Å². The number of nitrogens with one attached hydrogen (secondary N) is 1. The highest BCUT2D eigenvalue weighted by atomic mass is 16.5. The zero-order valence-electron chi connectivity index (χ0n) is 10.1. The molecule has 0 bridgehead atoms. The molecule has 0 radical (unpaired) electrons. The van der Waals surface area contributed by atoms with Gasteiger partial charge in [-0.15, -0.1) is 0 Å². The highest BCUT2D eigenvalue weighted by Gasteiger charge is 2.23. The molecule has 0 saturated carbocycles. The van der Waals surface area contributed by atoms with Crippen molar-refractivity contribution in [2.24, 2.45) is 10.8 Å². The summed E-state index contributed by atoms with van der Waals surface area (Å²) < 4.78 is 10.7. The third-order valence-corrected chi connectivity index (χ3v) is 2.86. The van der Waals surface area contributed by atoms with E-state index in [0.717, 1.165) is 29.2 Å². The predicted octanol–water partition coefficient (Wildman–Crippen LogP) is 1.05. The van der Waals surface area contributed by atoms with E-state index in [4.69, 9.17) is 15.2 Å². The normalized spacial score (nSPS) is 18.5. The lowest BCUT2D eigenvalue weighted by atomic mass is 10.0. The topological polar surface area (TPSA) is 68.9 Å². The molecule has 1 unspecified atom stereocenters. The standard InChI is InChI=1S/C12H17N3O2/c1-16-11-5-3-4-9(12(11)17-2)10-6-8(7-13)14-15-10/h3-5,10,15H,6-7,13H2,1-2H3. The molecule has 1 heterocycles. The van der Waals surface area contributed by atoms with Crippen LogP contribution in [0, 0.1) is 0 Å². The van der Waals surface area contributed by atoms with Crippen LogP contribution in [0.4, 0.5) is 0 Å². The SMILES string of the molecule is COc1cccc(C2CC(CN)=NN2)c1OC. The summed E-state index contributed by atoms with van der Waals surface area (Å²) in [6, 6.07) is 5.94. The Hall–Kier alpha value is -1.75. The summed E-state index contributed by atoms with van der Waals surface area (Å²) in [5.74, 6) is 1.48. The van der Waals surface area contributed by atoms with E-state index in [0.29, 0.717) is 6.54 Å². The lowest BCUT2D eigenvalue weighted by molar-refractivity contribution is 0.348. The minimum absolute atomic E-state index is 0.110. The van der Waals surface area contributed by atoms with Crippen LogP contribution in [0.3, 0.4) is 0 Å². The van der Waals surface area contributed by atoms with E-state index in [1.54, 1.807) is 14.2 Å². The number of hydrogen-bond acceptors (Lipinski definition) is 5. The molecule has 17 heavy (non-hydrogen) atoms. The van der Waals surface area contributed by atoms with Crippen LogP contribution in [0.1, 0.15) is 18.0 Å².